The summed E-state index contributed by atoms with van der Waals surface area (Å²) in [5.41, 5.74) is 2.66. The van der Waals surface area contributed by atoms with Crippen LogP contribution < -0.4 is 10.6 Å². The predicted octanol–water partition coefficient (Wildman–Crippen LogP) is 2.17. The molecule has 0 aliphatic rings. The minimum Gasteiger partial charge on any atom is -0.354 e. The van der Waals surface area contributed by atoms with Gasteiger partial charge in [0, 0.05) is 13.0 Å². The second kappa shape index (κ2) is 7.81. The third kappa shape index (κ3) is 6.43. The fourth-order valence-corrected chi connectivity index (χ4v) is 1.88. The molecular weight excluding hydrogens is 264 g/mol. The van der Waals surface area contributed by atoms with Crippen molar-refractivity contribution in [2.75, 3.05) is 13.1 Å². The molecule has 21 heavy (non-hydrogen) atoms. The van der Waals surface area contributed by atoms with E-state index in [2.05, 4.69) is 55.7 Å². The highest BCUT2D eigenvalue weighted by atomic mass is 16.2. The van der Waals surface area contributed by atoms with E-state index in [0.717, 1.165) is 6.42 Å². The van der Waals surface area contributed by atoms with Crippen LogP contribution in [0.4, 0.5) is 0 Å². The van der Waals surface area contributed by atoms with Gasteiger partial charge in [-0.25, -0.2) is 0 Å². The number of rotatable bonds is 6. The van der Waals surface area contributed by atoms with E-state index in [9.17, 15) is 9.59 Å². The van der Waals surface area contributed by atoms with E-state index in [1.165, 1.54) is 11.1 Å². The maximum atomic E-state index is 11.5. The topological polar surface area (TPSA) is 58.2 Å². The molecule has 0 saturated carbocycles. The van der Waals surface area contributed by atoms with E-state index in [0.29, 0.717) is 13.0 Å². The highest BCUT2D eigenvalue weighted by Crippen LogP contribution is 2.22. The van der Waals surface area contributed by atoms with Crippen molar-refractivity contribution in [2.45, 2.75) is 46.0 Å². The lowest BCUT2D eigenvalue weighted by molar-refractivity contribution is -0.125. The molecule has 0 radical (unpaired) electrons. The summed E-state index contributed by atoms with van der Waals surface area (Å²) in [7, 11) is 0. The fourth-order valence-electron chi connectivity index (χ4n) is 1.88. The molecule has 0 heterocycles. The molecule has 0 aliphatic carbocycles. The fraction of sp³-hybridized carbons (Fsp3) is 0.529. The second-order valence-corrected chi connectivity index (χ2v) is 6.18. The normalized spacial score (nSPS) is 11.0. The van der Waals surface area contributed by atoms with Crippen molar-refractivity contribution >= 4 is 11.8 Å². The van der Waals surface area contributed by atoms with Gasteiger partial charge in [-0.05, 0) is 23.0 Å². The van der Waals surface area contributed by atoms with Crippen LogP contribution in [0.2, 0.25) is 0 Å². The van der Waals surface area contributed by atoms with Gasteiger partial charge in [-0.1, -0.05) is 52.0 Å². The van der Waals surface area contributed by atoms with E-state index in [4.69, 9.17) is 0 Å². The molecule has 1 rings (SSSR count). The Kier molecular flexibility index (Phi) is 6.40. The van der Waals surface area contributed by atoms with Gasteiger partial charge in [-0.15, -0.1) is 0 Å². The third-order valence-corrected chi connectivity index (χ3v) is 3.32. The second-order valence-electron chi connectivity index (χ2n) is 6.18. The molecule has 0 bridgehead atoms. The summed E-state index contributed by atoms with van der Waals surface area (Å²) < 4.78 is 0. The summed E-state index contributed by atoms with van der Waals surface area (Å²) in [5.74, 6) is -0.258. The van der Waals surface area contributed by atoms with Crippen LogP contribution in [0.25, 0.3) is 0 Å². The minimum atomic E-state index is -0.150. The molecule has 0 spiro atoms. The quantitative estimate of drug-likeness (QED) is 0.843. The van der Waals surface area contributed by atoms with E-state index in [1.54, 1.807) is 6.92 Å². The van der Waals surface area contributed by atoms with E-state index in [-0.39, 0.29) is 23.8 Å². The molecule has 2 N–H and O–H groups in total. The van der Waals surface area contributed by atoms with E-state index < -0.39 is 0 Å². The molecule has 0 atom stereocenters. The summed E-state index contributed by atoms with van der Waals surface area (Å²) in [6.45, 7) is 8.95. The zero-order chi connectivity index (χ0) is 15.9. The van der Waals surface area contributed by atoms with Crippen molar-refractivity contribution in [2.24, 2.45) is 0 Å². The minimum absolute atomic E-state index is 0.0512. The number of benzene rings is 1. The first kappa shape index (κ1) is 17.2. The molecule has 0 aromatic heterocycles. The first-order chi connectivity index (χ1) is 9.82. The lowest BCUT2D eigenvalue weighted by Gasteiger charge is -2.19. The first-order valence-electron chi connectivity index (χ1n) is 7.45. The zero-order valence-corrected chi connectivity index (χ0v) is 13.5. The maximum Gasteiger partial charge on any atom is 0.239 e. The molecular formula is C17H26N2O2. The summed E-state index contributed by atoms with van der Waals surface area (Å²) in [4.78, 5) is 22.5. The number of hydrogen-bond donors (Lipinski definition) is 2. The van der Waals surface area contributed by atoms with Crippen LogP contribution in [0.15, 0.2) is 24.3 Å². The van der Waals surface area contributed by atoms with Gasteiger partial charge in [0.1, 0.15) is 0 Å². The van der Waals surface area contributed by atoms with Gasteiger partial charge in [0.15, 0.2) is 0 Å². The SMILES string of the molecule is CCC(=O)NCC(=O)NCCc1ccc(C(C)(C)C)cc1. The lowest BCUT2D eigenvalue weighted by atomic mass is 9.86. The molecule has 116 valence electrons. The van der Waals surface area contributed by atoms with Crippen LogP contribution in [-0.4, -0.2) is 24.9 Å². The Hall–Kier alpha value is -1.84. The Balaban J connectivity index is 2.32. The van der Waals surface area contributed by atoms with Crippen molar-refractivity contribution in [3.05, 3.63) is 35.4 Å². The van der Waals surface area contributed by atoms with Gasteiger partial charge >= 0.3 is 0 Å². The molecule has 4 nitrogen and oxygen atoms in total. The standard InChI is InChI=1S/C17H26N2O2/c1-5-15(20)19-12-16(21)18-11-10-13-6-8-14(9-7-13)17(2,3)4/h6-9H,5,10-12H2,1-4H3,(H,18,21)(H,19,20). The Morgan fingerprint density at radius 1 is 1.00 bits per heavy atom. The predicted molar refractivity (Wildman–Crippen MR) is 85.2 cm³/mol. The monoisotopic (exact) mass is 290 g/mol. The summed E-state index contributed by atoms with van der Waals surface area (Å²) in [6, 6.07) is 8.48. The van der Waals surface area contributed by atoms with E-state index in [1.807, 2.05) is 0 Å². The van der Waals surface area contributed by atoms with Crippen LogP contribution in [0.5, 0.6) is 0 Å². The Morgan fingerprint density at radius 3 is 2.14 bits per heavy atom. The number of carbonyl (C=O) groups excluding carboxylic acids is 2. The summed E-state index contributed by atoms with van der Waals surface area (Å²) >= 11 is 0. The zero-order valence-electron chi connectivity index (χ0n) is 13.5. The average molecular weight is 290 g/mol. The number of hydrogen-bond acceptors (Lipinski definition) is 2. The third-order valence-electron chi connectivity index (χ3n) is 3.32. The van der Waals surface area contributed by atoms with Crippen molar-refractivity contribution in [1.82, 2.24) is 10.6 Å². The highest BCUT2D eigenvalue weighted by molar-refractivity contribution is 5.84. The summed E-state index contributed by atoms with van der Waals surface area (Å²) in [6.07, 6.45) is 1.19. The Bertz CT molecular complexity index is 473. The van der Waals surface area contributed by atoms with E-state index >= 15 is 0 Å². The molecule has 0 fully saturated rings. The van der Waals surface area contributed by atoms with Crippen molar-refractivity contribution in [3.8, 4) is 0 Å². The van der Waals surface area contributed by atoms with Gasteiger partial charge in [0.2, 0.25) is 11.8 Å². The molecule has 0 unspecified atom stereocenters. The Morgan fingerprint density at radius 2 is 1.62 bits per heavy atom. The molecule has 2 amide bonds. The van der Waals surface area contributed by atoms with Crippen LogP contribution in [0.1, 0.15) is 45.2 Å². The molecule has 1 aromatic rings. The highest BCUT2D eigenvalue weighted by Gasteiger charge is 2.12. The van der Waals surface area contributed by atoms with Crippen molar-refractivity contribution in [1.29, 1.82) is 0 Å². The largest absolute Gasteiger partial charge is 0.354 e. The van der Waals surface area contributed by atoms with Gasteiger partial charge in [0.25, 0.3) is 0 Å². The first-order valence-corrected chi connectivity index (χ1v) is 7.45. The Labute approximate surface area is 127 Å². The average Bonchev–Trinajstić information content (AvgIpc) is 2.44. The number of nitrogens with one attached hydrogen (secondary N) is 2. The van der Waals surface area contributed by atoms with Crippen LogP contribution in [0, 0.1) is 0 Å². The van der Waals surface area contributed by atoms with Gasteiger partial charge < -0.3 is 10.6 Å². The van der Waals surface area contributed by atoms with Crippen molar-refractivity contribution < 1.29 is 9.59 Å². The molecule has 4 heteroatoms. The molecule has 0 saturated heterocycles. The number of amides is 2. The van der Waals surface area contributed by atoms with Gasteiger partial charge in [-0.2, -0.15) is 0 Å². The maximum absolute atomic E-state index is 11.5. The molecule has 1 aromatic carbocycles. The summed E-state index contributed by atoms with van der Waals surface area (Å²) in [5, 5.41) is 5.36. The molecule has 0 aliphatic heterocycles. The van der Waals surface area contributed by atoms with Crippen molar-refractivity contribution in [3.63, 3.8) is 0 Å². The van der Waals surface area contributed by atoms with Crippen LogP contribution in [-0.2, 0) is 21.4 Å². The van der Waals surface area contributed by atoms with Gasteiger partial charge in [-0.3, -0.25) is 9.59 Å². The lowest BCUT2D eigenvalue weighted by Crippen LogP contribution is -2.37. The van der Waals surface area contributed by atoms with Gasteiger partial charge in [0.05, 0.1) is 6.54 Å². The van der Waals surface area contributed by atoms with Crippen LogP contribution >= 0.6 is 0 Å². The number of carbonyl (C=O) groups is 2. The van der Waals surface area contributed by atoms with Crippen LogP contribution in [0.3, 0.4) is 0 Å². The smallest absolute Gasteiger partial charge is 0.239 e.